The summed E-state index contributed by atoms with van der Waals surface area (Å²) < 4.78 is 0. The summed E-state index contributed by atoms with van der Waals surface area (Å²) in [5.41, 5.74) is 0. The molecule has 0 spiro atoms. The number of hydrogen-bond acceptors (Lipinski definition) is 0. The van der Waals surface area contributed by atoms with Crippen LogP contribution >= 0.6 is 22.2 Å². The van der Waals surface area contributed by atoms with E-state index in [1.807, 2.05) is 12.2 Å². The van der Waals surface area contributed by atoms with Crippen molar-refractivity contribution in [2.45, 2.75) is 24.9 Å². The van der Waals surface area contributed by atoms with E-state index in [1.165, 1.54) is 12.1 Å². The quantitative estimate of drug-likeness (QED) is 0.364. The van der Waals surface area contributed by atoms with E-state index < -0.39 is 15.2 Å². The lowest BCUT2D eigenvalue weighted by atomic mass is 10.5. The second-order valence-electron chi connectivity index (χ2n) is 2.83. The zero-order chi connectivity index (χ0) is 9.40. The van der Waals surface area contributed by atoms with Gasteiger partial charge in [0.25, 0.3) is 0 Å². The molecule has 0 radical (unpaired) electrons. The molecular formula is C8H16Cl2Si2. The molecule has 0 bridgehead atoms. The van der Waals surface area contributed by atoms with Gasteiger partial charge in [-0.15, -0.1) is 13.2 Å². The molecule has 0 rings (SSSR count). The highest BCUT2D eigenvalue weighted by atomic mass is 35.7. The third-order valence-electron chi connectivity index (χ3n) is 1.84. The van der Waals surface area contributed by atoms with E-state index in [4.69, 9.17) is 22.2 Å². The van der Waals surface area contributed by atoms with Gasteiger partial charge in [0.2, 0.25) is 6.93 Å². The zero-order valence-corrected chi connectivity index (χ0v) is 11.1. The second kappa shape index (κ2) is 8.11. The van der Waals surface area contributed by atoms with E-state index in [0.717, 1.165) is 12.8 Å². The van der Waals surface area contributed by atoms with Crippen molar-refractivity contribution in [1.82, 2.24) is 0 Å². The van der Waals surface area contributed by atoms with Crippen molar-refractivity contribution < 1.29 is 0 Å². The summed E-state index contributed by atoms with van der Waals surface area (Å²) in [6.45, 7) is 6.05. The lowest BCUT2D eigenvalue weighted by molar-refractivity contribution is 1.14. The average Bonchev–Trinajstić information content (AvgIpc) is 2.04. The first-order chi connectivity index (χ1) is 5.72. The second-order valence-corrected chi connectivity index (χ2v) is 17.0. The Morgan fingerprint density at radius 2 is 1.42 bits per heavy atom. The molecule has 0 aliphatic rings. The van der Waals surface area contributed by atoms with E-state index >= 15 is 0 Å². The topological polar surface area (TPSA) is 0 Å². The predicted molar refractivity (Wildman–Crippen MR) is 65.2 cm³/mol. The third kappa shape index (κ3) is 6.06. The van der Waals surface area contributed by atoms with Crippen LogP contribution in [0, 0.1) is 0 Å². The highest BCUT2D eigenvalue weighted by Crippen LogP contribution is 2.15. The Balaban J connectivity index is 3.68. The summed E-state index contributed by atoms with van der Waals surface area (Å²) in [5.74, 6) is 0. The molecule has 0 fully saturated rings. The first-order valence-corrected chi connectivity index (χ1v) is 12.0. The van der Waals surface area contributed by atoms with Crippen LogP contribution < -0.4 is 0 Å². The predicted octanol–water partition coefficient (Wildman–Crippen LogP) is 3.14. The number of hydrogen-bond donors (Lipinski definition) is 0. The van der Waals surface area contributed by atoms with Crippen LogP contribution in [0.4, 0.5) is 0 Å². The Morgan fingerprint density at radius 3 is 1.67 bits per heavy atom. The first kappa shape index (κ1) is 12.5. The van der Waals surface area contributed by atoms with Crippen molar-refractivity contribution in [3.63, 3.8) is 0 Å². The molecule has 0 aromatic carbocycles. The van der Waals surface area contributed by atoms with Gasteiger partial charge in [-0.1, -0.05) is 24.2 Å². The van der Waals surface area contributed by atoms with Crippen molar-refractivity contribution >= 4 is 37.4 Å². The van der Waals surface area contributed by atoms with Gasteiger partial charge in [-0.25, -0.2) is 0 Å². The molecule has 0 atom stereocenters. The lowest BCUT2D eigenvalue weighted by Crippen LogP contribution is -2.25. The molecule has 0 heterocycles. The third-order valence-corrected chi connectivity index (χ3v) is 15.3. The van der Waals surface area contributed by atoms with E-state index in [0.29, 0.717) is 0 Å². The maximum Gasteiger partial charge on any atom is 0.221 e. The monoisotopic (exact) mass is 238 g/mol. The molecule has 0 unspecified atom stereocenters. The summed E-state index contributed by atoms with van der Waals surface area (Å²) in [5, 5.41) is 0. The van der Waals surface area contributed by atoms with Crippen molar-refractivity contribution in [3.8, 4) is 0 Å². The largest absolute Gasteiger partial charge is 0.221 e. The SMILES string of the molecule is C=CCC[SiH](CCC=C)[SiH](Cl)Cl. The smallest absolute Gasteiger partial charge is 0.155 e. The first-order valence-electron chi connectivity index (χ1n) is 4.22. The van der Waals surface area contributed by atoms with Gasteiger partial charge in [0.15, 0.2) is 0 Å². The maximum atomic E-state index is 6.01. The minimum absolute atomic E-state index is 0.815. The van der Waals surface area contributed by atoms with Gasteiger partial charge in [0, 0.05) is 0 Å². The number of rotatable bonds is 7. The van der Waals surface area contributed by atoms with Crippen LogP contribution in [-0.2, 0) is 0 Å². The van der Waals surface area contributed by atoms with Crippen LogP contribution in [0.2, 0.25) is 12.1 Å². The lowest BCUT2D eigenvalue weighted by Gasteiger charge is -2.12. The molecule has 0 aliphatic heterocycles. The summed E-state index contributed by atoms with van der Waals surface area (Å²) in [4.78, 5) is 0. The van der Waals surface area contributed by atoms with Gasteiger partial charge < -0.3 is 0 Å². The fraction of sp³-hybridized carbons (Fsp3) is 0.500. The van der Waals surface area contributed by atoms with Gasteiger partial charge >= 0.3 is 0 Å². The molecule has 0 aromatic rings. The van der Waals surface area contributed by atoms with Gasteiger partial charge in [0.1, 0.15) is 0 Å². The molecule has 0 N–H and O–H groups in total. The van der Waals surface area contributed by atoms with Crippen LogP contribution in [0.3, 0.4) is 0 Å². The Hall–Kier alpha value is 0.494. The van der Waals surface area contributed by atoms with Crippen molar-refractivity contribution in [2.75, 3.05) is 0 Å². The molecule has 0 saturated carbocycles. The Morgan fingerprint density at radius 1 is 1.00 bits per heavy atom. The van der Waals surface area contributed by atoms with Crippen LogP contribution in [-0.4, -0.2) is 15.2 Å². The highest BCUT2D eigenvalue weighted by Gasteiger charge is 2.18. The molecule has 0 nitrogen and oxygen atoms in total. The fourth-order valence-corrected chi connectivity index (χ4v) is 10.4. The summed E-state index contributed by atoms with van der Waals surface area (Å²) in [6.07, 6.45) is 6.07. The normalized spacial score (nSPS) is 10.7. The summed E-state index contributed by atoms with van der Waals surface area (Å²) >= 11 is 12.0. The molecule has 0 saturated heterocycles. The van der Waals surface area contributed by atoms with Gasteiger partial charge in [-0.3, -0.25) is 0 Å². The van der Waals surface area contributed by atoms with Crippen LogP contribution in [0.15, 0.2) is 25.3 Å². The number of halogens is 2. The molecular weight excluding hydrogens is 223 g/mol. The summed E-state index contributed by atoms with van der Waals surface area (Å²) in [7, 11) is -0.815. The summed E-state index contributed by atoms with van der Waals surface area (Å²) in [6, 6.07) is 2.45. The average molecular weight is 239 g/mol. The van der Waals surface area contributed by atoms with Gasteiger partial charge in [-0.05, 0) is 12.8 Å². The molecule has 12 heavy (non-hydrogen) atoms. The van der Waals surface area contributed by atoms with E-state index in [9.17, 15) is 0 Å². The van der Waals surface area contributed by atoms with E-state index in [2.05, 4.69) is 13.2 Å². The van der Waals surface area contributed by atoms with E-state index in [1.54, 1.807) is 0 Å². The zero-order valence-electron chi connectivity index (χ0n) is 7.31. The minimum atomic E-state index is -1.36. The standard InChI is InChI=1S/C8H16Cl2Si2/c1-3-5-7-11(12(9)10)8-6-4-2/h3-4,11-12H,1-2,5-8H2. The molecule has 0 amide bonds. The van der Waals surface area contributed by atoms with Crippen LogP contribution in [0.5, 0.6) is 0 Å². The molecule has 70 valence electrons. The highest BCUT2D eigenvalue weighted by molar-refractivity contribution is 7.60. The fourth-order valence-electron chi connectivity index (χ4n) is 1.06. The van der Waals surface area contributed by atoms with Crippen molar-refractivity contribution in [2.24, 2.45) is 0 Å². The van der Waals surface area contributed by atoms with Crippen molar-refractivity contribution in [3.05, 3.63) is 25.3 Å². The van der Waals surface area contributed by atoms with Crippen molar-refractivity contribution in [1.29, 1.82) is 0 Å². The van der Waals surface area contributed by atoms with Crippen LogP contribution in [0.25, 0.3) is 0 Å². The molecule has 4 heteroatoms. The molecule has 0 aliphatic carbocycles. The Bertz CT molecular complexity index is 125. The van der Waals surface area contributed by atoms with Gasteiger partial charge in [0.05, 0.1) is 8.31 Å². The Labute approximate surface area is 87.7 Å². The molecule has 0 aromatic heterocycles. The van der Waals surface area contributed by atoms with Gasteiger partial charge in [-0.2, -0.15) is 22.2 Å². The number of allylic oxidation sites excluding steroid dienone is 2. The minimum Gasteiger partial charge on any atom is -0.155 e. The maximum absolute atomic E-state index is 6.01. The Kier molecular flexibility index (Phi) is 8.44. The van der Waals surface area contributed by atoms with Crippen LogP contribution in [0.1, 0.15) is 12.8 Å². The van der Waals surface area contributed by atoms with E-state index in [-0.39, 0.29) is 0 Å².